The number of ether oxygens (including phenoxy) is 1. The van der Waals surface area contributed by atoms with Gasteiger partial charge in [0, 0.05) is 81.0 Å². The number of aryl methyl sites for hydroxylation is 1. The Kier molecular flexibility index (Phi) is 13.4. The van der Waals surface area contributed by atoms with Crippen LogP contribution in [-0.2, 0) is 29.6 Å². The average Bonchev–Trinajstić information content (AvgIpc) is 3.97. The Balaban J connectivity index is 0.672. The summed E-state index contributed by atoms with van der Waals surface area (Å²) in [6.07, 6.45) is 8.17. The second-order valence-corrected chi connectivity index (χ2v) is 21.3. The van der Waals surface area contributed by atoms with Crippen LogP contribution in [0, 0.1) is 12.8 Å². The second kappa shape index (κ2) is 20.4. The predicted octanol–water partition coefficient (Wildman–Crippen LogP) is 9.52. The Morgan fingerprint density at radius 3 is 2.47 bits per heavy atom. The fourth-order valence-corrected chi connectivity index (χ4v) is 12.5. The van der Waals surface area contributed by atoms with E-state index in [1.807, 2.05) is 96.3 Å². The smallest absolute Gasteiger partial charge is 0.355 e. The van der Waals surface area contributed by atoms with Crippen molar-refractivity contribution in [3.63, 3.8) is 0 Å². The Morgan fingerprint density at radius 2 is 1.67 bits per heavy atom. The molecule has 4 aliphatic rings. The normalized spacial score (nSPS) is 20.0. The summed E-state index contributed by atoms with van der Waals surface area (Å²) in [6.45, 7) is 9.31. The lowest BCUT2D eigenvalue weighted by Gasteiger charge is -2.39. The van der Waals surface area contributed by atoms with E-state index in [0.29, 0.717) is 66.4 Å². The third kappa shape index (κ3) is 9.89. The summed E-state index contributed by atoms with van der Waals surface area (Å²) in [5, 5.41) is 22.3. The van der Waals surface area contributed by atoms with E-state index in [0.717, 1.165) is 119 Å². The topological polar surface area (TPSA) is 175 Å². The molecule has 1 unspecified atom stereocenters. The number of aromatic carboxylic acids is 1. The molecule has 73 heavy (non-hydrogen) atoms. The molecular formula is C57H61N9O6S. The number of para-hydroxylation sites is 1. The van der Waals surface area contributed by atoms with Crippen molar-refractivity contribution in [1.82, 2.24) is 30.0 Å². The molecule has 2 atom stereocenters. The molecular weight excluding hydrogens is 939 g/mol. The number of carboxylic acid groups (broad SMARTS) is 1. The van der Waals surface area contributed by atoms with Gasteiger partial charge in [0.2, 0.25) is 11.8 Å². The third-order valence-corrected chi connectivity index (χ3v) is 16.8. The first-order valence-corrected chi connectivity index (χ1v) is 26.6. The molecule has 0 bridgehead atoms. The number of piperidine rings is 1. The first kappa shape index (κ1) is 48.1. The van der Waals surface area contributed by atoms with Crippen LogP contribution >= 0.6 is 11.3 Å². The molecule has 2 saturated heterocycles. The number of benzene rings is 4. The zero-order valence-electron chi connectivity index (χ0n) is 41.6. The fourth-order valence-electron chi connectivity index (χ4n) is 11.6. The summed E-state index contributed by atoms with van der Waals surface area (Å²) in [5.74, 6) is -0.236. The molecule has 15 nitrogen and oxygen atoms in total. The predicted molar refractivity (Wildman–Crippen MR) is 285 cm³/mol. The van der Waals surface area contributed by atoms with Gasteiger partial charge in [0.15, 0.2) is 10.8 Å². The lowest BCUT2D eigenvalue weighted by atomic mass is 9.83. The lowest BCUT2D eigenvalue weighted by molar-refractivity contribution is -0.134. The second-order valence-electron chi connectivity index (χ2n) is 20.3. The summed E-state index contributed by atoms with van der Waals surface area (Å²) in [5.41, 5.74) is 8.49. The van der Waals surface area contributed by atoms with Gasteiger partial charge in [-0.1, -0.05) is 47.7 Å². The highest BCUT2D eigenvalue weighted by molar-refractivity contribution is 7.22. The summed E-state index contributed by atoms with van der Waals surface area (Å²) >= 11 is 1.44. The number of anilines is 3. The minimum atomic E-state index is -1.10. The molecule has 3 aliphatic heterocycles. The van der Waals surface area contributed by atoms with Gasteiger partial charge in [-0.05, 0) is 148 Å². The van der Waals surface area contributed by atoms with E-state index < -0.39 is 11.9 Å². The molecule has 1 aliphatic carbocycles. The molecule has 0 radical (unpaired) electrons. The van der Waals surface area contributed by atoms with Crippen LogP contribution in [0.25, 0.3) is 32.2 Å². The maximum atomic E-state index is 13.7. The van der Waals surface area contributed by atoms with Gasteiger partial charge in [-0.25, -0.2) is 14.8 Å². The average molecular weight is 1000 g/mol. The number of carboxylic acids is 1. The van der Waals surface area contributed by atoms with Gasteiger partial charge in [0.1, 0.15) is 11.6 Å². The summed E-state index contributed by atoms with van der Waals surface area (Å²) in [4.78, 5) is 67.4. The molecule has 11 rings (SSSR count). The van der Waals surface area contributed by atoms with Gasteiger partial charge in [0.25, 0.3) is 5.91 Å². The number of nitrogens with zero attached hydrogens (tertiary/aromatic N) is 7. The van der Waals surface area contributed by atoms with E-state index in [4.69, 9.17) is 14.8 Å². The van der Waals surface area contributed by atoms with Gasteiger partial charge >= 0.3 is 5.97 Å². The monoisotopic (exact) mass is 999 g/mol. The highest BCUT2D eigenvalue weighted by Crippen LogP contribution is 2.38. The SMILES string of the molecule is Cc1c(O[C@H]2CC[C@H](CC[C@@H](C)N3CCN(c4ccc5c(C6CCC(=O)NC6=O)nn(C)c5c4)CC3)CC2)cccc1-c1ccc(N2CCc3cccc(C(=O)Nc4nc5ccccc5s4)c3C2)nc1C(=O)O. The zero-order chi connectivity index (χ0) is 50.3. The number of imide groups is 1. The Bertz CT molecular complexity index is 3230. The Hall–Kier alpha value is -7.17. The van der Waals surface area contributed by atoms with Crippen molar-refractivity contribution in [1.29, 1.82) is 0 Å². The van der Waals surface area contributed by atoms with Crippen molar-refractivity contribution >= 4 is 72.8 Å². The molecule has 3 aromatic heterocycles. The van der Waals surface area contributed by atoms with Gasteiger partial charge in [-0.15, -0.1) is 0 Å². The maximum absolute atomic E-state index is 13.7. The van der Waals surface area contributed by atoms with E-state index in [1.165, 1.54) is 17.8 Å². The maximum Gasteiger partial charge on any atom is 0.355 e. The number of hydrogen-bond acceptors (Lipinski definition) is 12. The number of rotatable bonds is 13. The molecule has 3 N–H and O–H groups in total. The third-order valence-electron chi connectivity index (χ3n) is 15.8. The van der Waals surface area contributed by atoms with E-state index >= 15 is 0 Å². The Labute approximate surface area is 428 Å². The Morgan fingerprint density at radius 1 is 0.863 bits per heavy atom. The van der Waals surface area contributed by atoms with E-state index in [-0.39, 0.29) is 29.5 Å². The summed E-state index contributed by atoms with van der Waals surface area (Å²) < 4.78 is 9.57. The van der Waals surface area contributed by atoms with Crippen molar-refractivity contribution in [2.24, 2.45) is 13.0 Å². The standard InChI is InChI=1S/C57H61N9O6S/c1-34(64-28-30-65(31-29-64)38-18-21-43-47(32-38)63(3)62-52(43)44-23-25-51(67)60-55(44)69)14-15-36-16-19-39(20-17-36)72-48-12-7-9-40(35(48)2)41-22-24-50(59-53(41)56(70)71)66-27-26-37-8-6-10-42(45(37)33-66)54(68)61-57-58-46-11-4-5-13-49(46)73-57/h4-13,18,21-22,24,32,34,36,39,44H,14-17,19-20,23,25-31,33H2,1-3H3,(H,70,71)(H,58,61,68)(H,60,67,69)/t34-,36-,39-,44?/m1/s1. The van der Waals surface area contributed by atoms with Gasteiger partial charge in [-0.3, -0.25) is 34.6 Å². The van der Waals surface area contributed by atoms with Crippen LogP contribution in [0.1, 0.15) is 107 Å². The summed E-state index contributed by atoms with van der Waals surface area (Å²) in [7, 11) is 1.92. The van der Waals surface area contributed by atoms with Gasteiger partial charge in [0.05, 0.1) is 33.4 Å². The number of carbonyl (C=O) groups excluding carboxylic acids is 3. The van der Waals surface area contributed by atoms with Crippen molar-refractivity contribution in [2.75, 3.05) is 47.8 Å². The number of piperazine rings is 1. The molecule has 4 aromatic carbocycles. The van der Waals surface area contributed by atoms with E-state index in [2.05, 4.69) is 50.5 Å². The zero-order valence-corrected chi connectivity index (χ0v) is 42.4. The van der Waals surface area contributed by atoms with Crippen LogP contribution < -0.4 is 25.2 Å². The van der Waals surface area contributed by atoms with Crippen LogP contribution in [0.5, 0.6) is 5.75 Å². The van der Waals surface area contributed by atoms with Gasteiger partial charge < -0.3 is 19.6 Å². The van der Waals surface area contributed by atoms with Crippen LogP contribution in [0.3, 0.4) is 0 Å². The highest BCUT2D eigenvalue weighted by atomic mass is 32.1. The fraction of sp³-hybridized carbons (Fsp3) is 0.386. The lowest BCUT2D eigenvalue weighted by Crippen LogP contribution is -2.49. The summed E-state index contributed by atoms with van der Waals surface area (Å²) in [6, 6.07) is 30.1. The van der Waals surface area contributed by atoms with Crippen LogP contribution in [0.15, 0.2) is 91.0 Å². The molecule has 1 saturated carbocycles. The number of pyridine rings is 1. The number of thiazole rings is 1. The quantitative estimate of drug-likeness (QED) is 0.0935. The molecule has 7 aromatic rings. The van der Waals surface area contributed by atoms with Crippen LogP contribution in [0.2, 0.25) is 0 Å². The van der Waals surface area contributed by atoms with E-state index in [1.54, 1.807) is 0 Å². The van der Waals surface area contributed by atoms with Crippen molar-refractivity contribution in [3.05, 3.63) is 125 Å². The number of hydrogen-bond donors (Lipinski definition) is 3. The van der Waals surface area contributed by atoms with Crippen LogP contribution in [0.4, 0.5) is 16.6 Å². The number of aromatic nitrogens is 4. The van der Waals surface area contributed by atoms with Crippen molar-refractivity contribution in [3.8, 4) is 16.9 Å². The number of fused-ring (bicyclic) bond motifs is 3. The highest BCUT2D eigenvalue weighted by Gasteiger charge is 2.33. The molecule has 376 valence electrons. The van der Waals surface area contributed by atoms with Crippen molar-refractivity contribution in [2.45, 2.75) is 96.2 Å². The van der Waals surface area contributed by atoms with Crippen LogP contribution in [-0.4, -0.2) is 98.3 Å². The van der Waals surface area contributed by atoms with E-state index in [9.17, 15) is 24.3 Å². The van der Waals surface area contributed by atoms with Gasteiger partial charge in [-0.2, -0.15) is 5.10 Å². The first-order valence-electron chi connectivity index (χ1n) is 25.8. The molecule has 6 heterocycles. The number of nitrogens with one attached hydrogen (secondary N) is 2. The molecule has 16 heteroatoms. The minimum Gasteiger partial charge on any atom is -0.490 e. The molecule has 3 fully saturated rings. The minimum absolute atomic E-state index is 0.0203. The number of amides is 3. The number of carbonyl (C=O) groups is 4. The largest absolute Gasteiger partial charge is 0.490 e. The first-order chi connectivity index (χ1) is 35.4. The molecule has 3 amide bonds. The van der Waals surface area contributed by atoms with Crippen molar-refractivity contribution < 1.29 is 29.0 Å². The molecule has 0 spiro atoms.